The van der Waals surface area contributed by atoms with Gasteiger partial charge in [-0.25, -0.2) is 0 Å². The molecule has 0 amide bonds. The van der Waals surface area contributed by atoms with Crippen LogP contribution >= 0.6 is 0 Å². The Bertz CT molecular complexity index is 584. The summed E-state index contributed by atoms with van der Waals surface area (Å²) in [4.78, 5) is 21.1. The van der Waals surface area contributed by atoms with E-state index in [4.69, 9.17) is 0 Å². The fourth-order valence-electron chi connectivity index (χ4n) is 1.56. The topological polar surface area (TPSA) is 34.1 Å². The zero-order valence-electron chi connectivity index (χ0n) is 13.2. The summed E-state index contributed by atoms with van der Waals surface area (Å²) >= 11 is 0. The Balaban J connectivity index is 0.000000403. The SMILES string of the molecule is CC(=O)/C=C/c1ccccc1.CC(=O)/C=C/c1ccccc1.[Pt+2]. The molecule has 0 spiro atoms. The third kappa shape index (κ3) is 11.2. The number of allylic oxidation sites excluding steroid dienone is 2. The van der Waals surface area contributed by atoms with E-state index in [0.717, 1.165) is 11.1 Å². The molecule has 0 atom stereocenters. The molecular formula is C20H20O2Pt+2. The maximum atomic E-state index is 10.5. The maximum absolute atomic E-state index is 10.5. The van der Waals surface area contributed by atoms with E-state index in [2.05, 4.69) is 0 Å². The van der Waals surface area contributed by atoms with E-state index in [1.807, 2.05) is 72.8 Å². The minimum atomic E-state index is 0. The molecule has 2 aromatic carbocycles. The van der Waals surface area contributed by atoms with Crippen molar-refractivity contribution in [3.8, 4) is 0 Å². The Labute approximate surface area is 152 Å². The molecule has 0 saturated carbocycles. The molecule has 23 heavy (non-hydrogen) atoms. The monoisotopic (exact) mass is 487 g/mol. The van der Waals surface area contributed by atoms with Gasteiger partial charge in [0.2, 0.25) is 0 Å². The first-order chi connectivity index (χ1) is 10.6. The Morgan fingerprint density at radius 3 is 1.22 bits per heavy atom. The summed E-state index contributed by atoms with van der Waals surface area (Å²) < 4.78 is 0. The van der Waals surface area contributed by atoms with Crippen molar-refractivity contribution in [3.63, 3.8) is 0 Å². The van der Waals surface area contributed by atoms with Crippen LogP contribution in [0.5, 0.6) is 0 Å². The second-order valence-electron chi connectivity index (χ2n) is 4.71. The average molecular weight is 487 g/mol. The summed E-state index contributed by atoms with van der Waals surface area (Å²) in [6, 6.07) is 19.5. The van der Waals surface area contributed by atoms with Gasteiger partial charge in [0.15, 0.2) is 11.6 Å². The van der Waals surface area contributed by atoms with Crippen molar-refractivity contribution < 1.29 is 30.7 Å². The molecule has 0 fully saturated rings. The quantitative estimate of drug-likeness (QED) is 0.592. The van der Waals surface area contributed by atoms with E-state index < -0.39 is 0 Å². The molecule has 0 heterocycles. The van der Waals surface area contributed by atoms with Gasteiger partial charge in [-0.15, -0.1) is 0 Å². The van der Waals surface area contributed by atoms with Crippen LogP contribution in [0.1, 0.15) is 25.0 Å². The van der Waals surface area contributed by atoms with Crippen LogP contribution in [-0.4, -0.2) is 11.6 Å². The first-order valence-corrected chi connectivity index (χ1v) is 7.05. The number of hydrogen-bond acceptors (Lipinski definition) is 2. The molecule has 0 unspecified atom stereocenters. The molecule has 0 saturated heterocycles. The van der Waals surface area contributed by atoms with Crippen LogP contribution in [0.3, 0.4) is 0 Å². The van der Waals surface area contributed by atoms with Crippen LogP contribution in [0.2, 0.25) is 0 Å². The molecule has 120 valence electrons. The smallest absolute Gasteiger partial charge is 0.295 e. The third-order valence-corrected chi connectivity index (χ3v) is 2.62. The second-order valence-corrected chi connectivity index (χ2v) is 4.71. The molecule has 0 aliphatic rings. The molecule has 2 rings (SSSR count). The Kier molecular flexibility index (Phi) is 11.4. The van der Waals surface area contributed by atoms with Gasteiger partial charge in [-0.1, -0.05) is 72.8 Å². The van der Waals surface area contributed by atoms with Crippen LogP contribution < -0.4 is 0 Å². The van der Waals surface area contributed by atoms with Gasteiger partial charge in [0.05, 0.1) is 0 Å². The van der Waals surface area contributed by atoms with E-state index in [1.165, 1.54) is 0 Å². The fourth-order valence-corrected chi connectivity index (χ4v) is 1.56. The molecule has 0 N–H and O–H groups in total. The average Bonchev–Trinajstić information content (AvgIpc) is 2.53. The minimum Gasteiger partial charge on any atom is -0.295 e. The van der Waals surface area contributed by atoms with Crippen molar-refractivity contribution in [2.24, 2.45) is 0 Å². The van der Waals surface area contributed by atoms with Crippen molar-refractivity contribution >= 4 is 23.7 Å². The molecule has 0 radical (unpaired) electrons. The van der Waals surface area contributed by atoms with Crippen molar-refractivity contribution in [1.29, 1.82) is 0 Å². The van der Waals surface area contributed by atoms with Crippen molar-refractivity contribution in [2.45, 2.75) is 13.8 Å². The zero-order valence-corrected chi connectivity index (χ0v) is 15.5. The van der Waals surface area contributed by atoms with E-state index in [0.29, 0.717) is 0 Å². The van der Waals surface area contributed by atoms with Gasteiger partial charge in [-0.05, 0) is 37.1 Å². The summed E-state index contributed by atoms with van der Waals surface area (Å²) in [5.41, 5.74) is 2.12. The van der Waals surface area contributed by atoms with Crippen LogP contribution in [0, 0.1) is 0 Å². The van der Waals surface area contributed by atoms with Crippen LogP contribution in [0.15, 0.2) is 72.8 Å². The van der Waals surface area contributed by atoms with Crippen LogP contribution in [-0.2, 0) is 30.7 Å². The number of hydrogen-bond donors (Lipinski definition) is 0. The van der Waals surface area contributed by atoms with Crippen molar-refractivity contribution in [2.75, 3.05) is 0 Å². The molecule has 0 aromatic heterocycles. The number of benzene rings is 2. The predicted octanol–water partition coefficient (Wildman–Crippen LogP) is 4.58. The molecule has 3 heteroatoms. The van der Waals surface area contributed by atoms with Crippen LogP contribution in [0.4, 0.5) is 0 Å². The predicted molar refractivity (Wildman–Crippen MR) is 92.3 cm³/mol. The van der Waals surface area contributed by atoms with Gasteiger partial charge < -0.3 is 0 Å². The van der Waals surface area contributed by atoms with E-state index in [1.54, 1.807) is 26.0 Å². The molecule has 0 aliphatic carbocycles. The standard InChI is InChI=1S/2C10H10O.Pt/c2*1-9(11)7-8-10-5-3-2-4-6-10;/h2*2-8H,1H3;/q;;+2/b2*8-7+;. The number of ketones is 2. The molecule has 0 bridgehead atoms. The Hall–Kier alpha value is -2.05. The summed E-state index contributed by atoms with van der Waals surface area (Å²) in [5.74, 6) is 0.155. The summed E-state index contributed by atoms with van der Waals surface area (Å²) in [7, 11) is 0. The van der Waals surface area contributed by atoms with Gasteiger partial charge in [-0.2, -0.15) is 0 Å². The fraction of sp³-hybridized carbons (Fsp3) is 0.100. The summed E-state index contributed by atoms with van der Waals surface area (Å²) in [6.45, 7) is 3.08. The van der Waals surface area contributed by atoms with E-state index >= 15 is 0 Å². The third-order valence-electron chi connectivity index (χ3n) is 2.62. The molecule has 2 nitrogen and oxygen atoms in total. The summed E-state index contributed by atoms with van der Waals surface area (Å²) in [5, 5.41) is 0. The van der Waals surface area contributed by atoms with Gasteiger partial charge in [-0.3, -0.25) is 9.59 Å². The number of carbonyl (C=O) groups excluding carboxylic acids is 2. The Morgan fingerprint density at radius 1 is 0.652 bits per heavy atom. The first-order valence-electron chi connectivity index (χ1n) is 7.05. The van der Waals surface area contributed by atoms with Crippen molar-refractivity contribution in [1.82, 2.24) is 0 Å². The molecule has 2 aromatic rings. The minimum absolute atomic E-state index is 0. The van der Waals surface area contributed by atoms with E-state index in [9.17, 15) is 9.59 Å². The molecule has 0 aliphatic heterocycles. The van der Waals surface area contributed by atoms with Gasteiger partial charge in [0, 0.05) is 0 Å². The zero-order chi connectivity index (χ0) is 16.2. The molecular weight excluding hydrogens is 467 g/mol. The number of rotatable bonds is 4. The second kappa shape index (κ2) is 12.5. The number of carbonyl (C=O) groups is 2. The largest absolute Gasteiger partial charge is 2.00 e. The van der Waals surface area contributed by atoms with Gasteiger partial charge in [0.25, 0.3) is 0 Å². The Morgan fingerprint density at radius 2 is 0.957 bits per heavy atom. The summed E-state index contributed by atoms with van der Waals surface area (Å²) in [6.07, 6.45) is 6.75. The van der Waals surface area contributed by atoms with E-state index in [-0.39, 0.29) is 32.6 Å². The van der Waals surface area contributed by atoms with Gasteiger partial charge >= 0.3 is 21.1 Å². The maximum Gasteiger partial charge on any atom is 2.00 e. The van der Waals surface area contributed by atoms with Gasteiger partial charge in [0.1, 0.15) is 0 Å². The van der Waals surface area contributed by atoms with Crippen molar-refractivity contribution in [3.05, 3.63) is 83.9 Å². The normalized spacial score (nSPS) is 9.83. The first kappa shape index (κ1) is 20.9. The van der Waals surface area contributed by atoms with Crippen LogP contribution in [0.25, 0.3) is 12.2 Å².